The van der Waals surface area contributed by atoms with Gasteiger partial charge in [0.25, 0.3) is 0 Å². The summed E-state index contributed by atoms with van der Waals surface area (Å²) >= 11 is 0. The summed E-state index contributed by atoms with van der Waals surface area (Å²) in [7, 11) is 0. The van der Waals surface area contributed by atoms with Gasteiger partial charge in [-0.3, -0.25) is 0 Å². The molecular formula is C16H24N2. The molecule has 1 heterocycles. The molecule has 0 radical (unpaired) electrons. The van der Waals surface area contributed by atoms with E-state index in [4.69, 9.17) is 0 Å². The normalized spacial score (nSPS) is 27.2. The van der Waals surface area contributed by atoms with Gasteiger partial charge in [-0.05, 0) is 54.8 Å². The predicted molar refractivity (Wildman–Crippen MR) is 75.5 cm³/mol. The van der Waals surface area contributed by atoms with Gasteiger partial charge in [-0.1, -0.05) is 25.1 Å². The highest BCUT2D eigenvalue weighted by atomic mass is 14.9. The van der Waals surface area contributed by atoms with E-state index in [1.807, 2.05) is 0 Å². The first-order chi connectivity index (χ1) is 8.83. The maximum Gasteiger partial charge on any atom is 0.0210 e. The second-order valence-corrected chi connectivity index (χ2v) is 5.98. The highest BCUT2D eigenvalue weighted by Crippen LogP contribution is 2.25. The van der Waals surface area contributed by atoms with Crippen LogP contribution in [0, 0.1) is 5.92 Å². The Labute approximate surface area is 110 Å². The number of fused-ring (bicyclic) bond motifs is 1. The van der Waals surface area contributed by atoms with Crippen molar-refractivity contribution in [1.82, 2.24) is 10.6 Å². The SMILES string of the molecule is CC1CCC(NCc2cccc3c2CCNC3)C1. The first kappa shape index (κ1) is 12.2. The lowest BCUT2D eigenvalue weighted by Gasteiger charge is -2.21. The summed E-state index contributed by atoms with van der Waals surface area (Å²) in [6.45, 7) is 5.60. The minimum atomic E-state index is 0.748. The van der Waals surface area contributed by atoms with Crippen LogP contribution in [0.4, 0.5) is 0 Å². The molecule has 1 fully saturated rings. The number of nitrogens with one attached hydrogen (secondary N) is 2. The van der Waals surface area contributed by atoms with Gasteiger partial charge >= 0.3 is 0 Å². The summed E-state index contributed by atoms with van der Waals surface area (Å²) in [5.74, 6) is 0.913. The third-order valence-corrected chi connectivity index (χ3v) is 4.51. The van der Waals surface area contributed by atoms with Gasteiger partial charge < -0.3 is 10.6 Å². The molecule has 1 aliphatic heterocycles. The maximum atomic E-state index is 3.76. The average Bonchev–Trinajstić information content (AvgIpc) is 2.82. The fourth-order valence-electron chi connectivity index (χ4n) is 3.42. The van der Waals surface area contributed by atoms with Crippen molar-refractivity contribution < 1.29 is 0 Å². The zero-order valence-corrected chi connectivity index (χ0v) is 11.3. The first-order valence-corrected chi connectivity index (χ1v) is 7.36. The second kappa shape index (κ2) is 5.41. The summed E-state index contributed by atoms with van der Waals surface area (Å²) in [6.07, 6.45) is 5.30. The van der Waals surface area contributed by atoms with Crippen LogP contribution in [-0.2, 0) is 19.5 Å². The minimum absolute atomic E-state index is 0.748. The summed E-state index contributed by atoms with van der Waals surface area (Å²) in [4.78, 5) is 0. The quantitative estimate of drug-likeness (QED) is 0.854. The predicted octanol–water partition coefficient (Wildman–Crippen LogP) is 2.61. The molecule has 98 valence electrons. The van der Waals surface area contributed by atoms with E-state index in [9.17, 15) is 0 Å². The number of hydrogen-bond acceptors (Lipinski definition) is 2. The van der Waals surface area contributed by atoms with Gasteiger partial charge in [0, 0.05) is 19.1 Å². The van der Waals surface area contributed by atoms with Crippen LogP contribution >= 0.6 is 0 Å². The first-order valence-electron chi connectivity index (χ1n) is 7.36. The lowest BCUT2D eigenvalue weighted by Crippen LogP contribution is -2.29. The Hall–Kier alpha value is -0.860. The van der Waals surface area contributed by atoms with Gasteiger partial charge in [0.05, 0.1) is 0 Å². The smallest absolute Gasteiger partial charge is 0.0210 e. The van der Waals surface area contributed by atoms with Gasteiger partial charge in [-0.25, -0.2) is 0 Å². The van der Waals surface area contributed by atoms with Crippen LogP contribution in [0.2, 0.25) is 0 Å². The Balaban J connectivity index is 1.65. The summed E-state index contributed by atoms with van der Waals surface area (Å²) in [5.41, 5.74) is 4.61. The third-order valence-electron chi connectivity index (χ3n) is 4.51. The van der Waals surface area contributed by atoms with E-state index < -0.39 is 0 Å². The van der Waals surface area contributed by atoms with Crippen molar-refractivity contribution in [3.05, 3.63) is 34.9 Å². The molecule has 1 aliphatic carbocycles. The largest absolute Gasteiger partial charge is 0.312 e. The molecule has 2 N–H and O–H groups in total. The Bertz CT molecular complexity index is 414. The summed E-state index contributed by atoms with van der Waals surface area (Å²) in [5, 5.41) is 7.21. The van der Waals surface area contributed by atoms with Gasteiger partial charge in [0.15, 0.2) is 0 Å². The molecule has 0 bridgehead atoms. The number of rotatable bonds is 3. The van der Waals surface area contributed by atoms with Gasteiger partial charge in [0.1, 0.15) is 0 Å². The number of benzene rings is 1. The average molecular weight is 244 g/mol. The van der Waals surface area contributed by atoms with Crippen LogP contribution in [0.3, 0.4) is 0 Å². The van der Waals surface area contributed by atoms with Crippen molar-refractivity contribution in [2.75, 3.05) is 6.54 Å². The fourth-order valence-corrected chi connectivity index (χ4v) is 3.42. The lowest BCUT2D eigenvalue weighted by atomic mass is 9.95. The molecule has 2 heteroatoms. The van der Waals surface area contributed by atoms with Crippen LogP contribution < -0.4 is 10.6 Å². The molecule has 0 spiro atoms. The molecule has 0 saturated heterocycles. The summed E-state index contributed by atoms with van der Waals surface area (Å²) < 4.78 is 0. The third kappa shape index (κ3) is 2.60. The van der Waals surface area contributed by atoms with Crippen LogP contribution in [0.1, 0.15) is 42.9 Å². The zero-order chi connectivity index (χ0) is 12.4. The van der Waals surface area contributed by atoms with E-state index >= 15 is 0 Å². The molecule has 2 nitrogen and oxygen atoms in total. The minimum Gasteiger partial charge on any atom is -0.312 e. The Kier molecular flexibility index (Phi) is 3.67. The van der Waals surface area contributed by atoms with Crippen molar-refractivity contribution in [1.29, 1.82) is 0 Å². The molecule has 2 aliphatic rings. The summed E-state index contributed by atoms with van der Waals surface area (Å²) in [6, 6.07) is 7.52. The van der Waals surface area contributed by atoms with E-state index in [0.717, 1.165) is 31.6 Å². The molecular weight excluding hydrogens is 220 g/mol. The van der Waals surface area contributed by atoms with E-state index in [-0.39, 0.29) is 0 Å². The van der Waals surface area contributed by atoms with Crippen LogP contribution in [0.5, 0.6) is 0 Å². The van der Waals surface area contributed by atoms with E-state index in [2.05, 4.69) is 35.8 Å². The molecule has 1 aromatic carbocycles. The Morgan fingerprint density at radius 2 is 2.28 bits per heavy atom. The lowest BCUT2D eigenvalue weighted by molar-refractivity contribution is 0.499. The topological polar surface area (TPSA) is 24.1 Å². The monoisotopic (exact) mass is 244 g/mol. The fraction of sp³-hybridized carbons (Fsp3) is 0.625. The molecule has 3 rings (SSSR count). The van der Waals surface area contributed by atoms with Crippen molar-refractivity contribution in [3.63, 3.8) is 0 Å². The van der Waals surface area contributed by atoms with Crippen molar-refractivity contribution >= 4 is 0 Å². The van der Waals surface area contributed by atoms with Crippen LogP contribution in [-0.4, -0.2) is 12.6 Å². The van der Waals surface area contributed by atoms with Crippen molar-refractivity contribution in [3.8, 4) is 0 Å². The molecule has 2 atom stereocenters. The molecule has 1 saturated carbocycles. The Morgan fingerprint density at radius 1 is 1.33 bits per heavy atom. The Morgan fingerprint density at radius 3 is 3.11 bits per heavy atom. The molecule has 1 aromatic rings. The van der Waals surface area contributed by atoms with Gasteiger partial charge in [-0.15, -0.1) is 0 Å². The number of hydrogen-bond donors (Lipinski definition) is 2. The molecule has 2 unspecified atom stereocenters. The van der Waals surface area contributed by atoms with Gasteiger partial charge in [0.2, 0.25) is 0 Å². The van der Waals surface area contributed by atoms with Crippen molar-refractivity contribution in [2.24, 2.45) is 5.92 Å². The van der Waals surface area contributed by atoms with Crippen molar-refractivity contribution in [2.45, 2.75) is 51.7 Å². The van der Waals surface area contributed by atoms with E-state index in [1.54, 1.807) is 5.56 Å². The second-order valence-electron chi connectivity index (χ2n) is 5.98. The molecule has 18 heavy (non-hydrogen) atoms. The maximum absolute atomic E-state index is 3.76. The van der Waals surface area contributed by atoms with Crippen LogP contribution in [0.25, 0.3) is 0 Å². The van der Waals surface area contributed by atoms with Crippen LogP contribution in [0.15, 0.2) is 18.2 Å². The van der Waals surface area contributed by atoms with Gasteiger partial charge in [-0.2, -0.15) is 0 Å². The molecule has 0 aromatic heterocycles. The standard InChI is InChI=1S/C16H24N2/c1-12-5-6-15(9-12)18-11-14-4-2-3-13-10-17-8-7-16(13)14/h2-4,12,15,17-18H,5-11H2,1H3. The molecule has 0 amide bonds. The van der Waals surface area contributed by atoms with E-state index in [0.29, 0.717) is 0 Å². The van der Waals surface area contributed by atoms with E-state index in [1.165, 1.54) is 36.8 Å². The highest BCUT2D eigenvalue weighted by Gasteiger charge is 2.21. The zero-order valence-electron chi connectivity index (χ0n) is 11.3. The highest BCUT2D eigenvalue weighted by molar-refractivity contribution is 5.37.